The molecule has 7 nitrogen and oxygen atoms in total. The summed E-state index contributed by atoms with van der Waals surface area (Å²) in [6.45, 7) is 13.7. The third-order valence-electron chi connectivity index (χ3n) is 4.43. The summed E-state index contributed by atoms with van der Waals surface area (Å²) in [5.74, 6) is -0.411. The van der Waals surface area contributed by atoms with Crippen LogP contribution in [-0.4, -0.2) is 38.7 Å². The van der Waals surface area contributed by atoms with Crippen molar-refractivity contribution in [3.63, 3.8) is 0 Å². The molecule has 0 saturated heterocycles. The lowest BCUT2D eigenvalue weighted by Gasteiger charge is -2.18. The molecule has 0 spiro atoms. The summed E-state index contributed by atoms with van der Waals surface area (Å²) in [4.78, 5) is 12.5. The SMILES string of the molecule is C=C(/C=C(\N=C/C)NC(Cc1ccccc1)C(=O)OC)c1ccc(OS(=O)(=O)C(F)(F)P)cc1.CC.CC. The normalized spacial score (nSPS) is 12.3. The third kappa shape index (κ3) is 11.5. The van der Waals surface area contributed by atoms with Gasteiger partial charge in [-0.25, -0.2) is 9.79 Å². The van der Waals surface area contributed by atoms with Crippen molar-refractivity contribution in [3.05, 3.63) is 84.2 Å². The van der Waals surface area contributed by atoms with Gasteiger partial charge in [-0.15, -0.1) is 0 Å². The second kappa shape index (κ2) is 17.4. The Hall–Kier alpha value is -3.10. The van der Waals surface area contributed by atoms with Crippen LogP contribution in [0.3, 0.4) is 0 Å². The van der Waals surface area contributed by atoms with Crippen LogP contribution in [-0.2, 0) is 26.1 Å². The lowest BCUT2D eigenvalue weighted by molar-refractivity contribution is -0.142. The number of hydrogen-bond acceptors (Lipinski definition) is 7. The molecule has 2 atom stereocenters. The third-order valence-corrected chi connectivity index (χ3v) is 6.38. The van der Waals surface area contributed by atoms with E-state index in [0.717, 1.165) is 14.8 Å². The number of carbonyl (C=O) groups excluding carboxylic acids is 1. The van der Waals surface area contributed by atoms with Gasteiger partial charge >= 0.3 is 21.1 Å². The molecule has 0 saturated carbocycles. The fourth-order valence-electron chi connectivity index (χ4n) is 2.77. The lowest BCUT2D eigenvalue weighted by Crippen LogP contribution is -2.38. The predicted octanol–water partition coefficient (Wildman–Crippen LogP) is 6.19. The molecule has 38 heavy (non-hydrogen) atoms. The van der Waals surface area contributed by atoms with E-state index in [-0.39, 0.29) is 5.75 Å². The summed E-state index contributed by atoms with van der Waals surface area (Å²) in [6, 6.07) is 14.0. The number of carbonyl (C=O) groups is 1. The van der Waals surface area contributed by atoms with Crippen molar-refractivity contribution in [1.82, 2.24) is 5.32 Å². The Morgan fingerprint density at radius 2 is 1.66 bits per heavy atom. The number of nitrogens with one attached hydrogen (secondary N) is 1. The Bertz CT molecular complexity index is 1160. The van der Waals surface area contributed by atoms with Crippen LogP contribution >= 0.6 is 9.24 Å². The van der Waals surface area contributed by atoms with Gasteiger partial charge in [-0.05, 0) is 51.1 Å². The van der Waals surface area contributed by atoms with Crippen LogP contribution < -0.4 is 9.50 Å². The van der Waals surface area contributed by atoms with Crippen LogP contribution in [0.5, 0.6) is 5.75 Å². The number of ether oxygens (including phenoxy) is 1. The molecular weight excluding hydrogens is 533 g/mol. The minimum absolute atomic E-state index is 0.277. The Kier molecular flexibility index (Phi) is 16.0. The van der Waals surface area contributed by atoms with Gasteiger partial charge < -0.3 is 14.2 Å². The molecule has 2 unspecified atom stereocenters. The van der Waals surface area contributed by atoms with E-state index in [1.165, 1.54) is 37.6 Å². The average Bonchev–Trinajstić information content (AvgIpc) is 2.90. The zero-order valence-corrected chi connectivity index (χ0v) is 24.5. The summed E-state index contributed by atoms with van der Waals surface area (Å²) < 4.78 is 58.5. The van der Waals surface area contributed by atoms with Crippen LogP contribution in [0.4, 0.5) is 8.78 Å². The maximum atomic E-state index is 13.1. The first-order valence-corrected chi connectivity index (χ1v) is 13.9. The van der Waals surface area contributed by atoms with Gasteiger partial charge in [-0.2, -0.15) is 17.2 Å². The van der Waals surface area contributed by atoms with E-state index in [9.17, 15) is 22.0 Å². The van der Waals surface area contributed by atoms with Gasteiger partial charge in [0.05, 0.1) is 7.11 Å². The smallest absolute Gasteiger partial charge is 0.390 e. The molecule has 2 aromatic carbocycles. The van der Waals surface area contributed by atoms with E-state index in [4.69, 9.17) is 4.74 Å². The van der Waals surface area contributed by atoms with Gasteiger partial charge in [0.1, 0.15) is 17.6 Å². The molecule has 0 aliphatic heterocycles. The Morgan fingerprint density at radius 3 is 2.13 bits per heavy atom. The number of halogens is 2. The number of alkyl halides is 2. The van der Waals surface area contributed by atoms with Gasteiger partial charge in [0.15, 0.2) is 0 Å². The van der Waals surface area contributed by atoms with Crippen LogP contribution in [0.2, 0.25) is 0 Å². The highest BCUT2D eigenvalue weighted by atomic mass is 32.2. The van der Waals surface area contributed by atoms with Gasteiger partial charge in [0.2, 0.25) is 0 Å². The second-order valence-corrected chi connectivity index (χ2v) is 9.74. The molecular formula is C27H37F2N2O5PS. The molecule has 0 radical (unpaired) electrons. The Balaban J connectivity index is 0.00000326. The number of benzene rings is 2. The highest BCUT2D eigenvalue weighted by Gasteiger charge is 2.42. The summed E-state index contributed by atoms with van der Waals surface area (Å²) in [7, 11) is -2.92. The molecule has 0 aromatic heterocycles. The van der Waals surface area contributed by atoms with Crippen LogP contribution in [0.1, 0.15) is 45.7 Å². The second-order valence-electron chi connectivity index (χ2n) is 6.98. The van der Waals surface area contributed by atoms with Crippen molar-refractivity contribution in [2.75, 3.05) is 7.11 Å². The predicted molar refractivity (Wildman–Crippen MR) is 154 cm³/mol. The Morgan fingerprint density at radius 1 is 1.11 bits per heavy atom. The van der Waals surface area contributed by atoms with Crippen LogP contribution in [0.15, 0.2) is 78.1 Å². The number of hydrogen-bond donors (Lipinski definition) is 1. The zero-order valence-electron chi connectivity index (χ0n) is 22.6. The summed E-state index contributed by atoms with van der Waals surface area (Å²) in [5, 5.41) is 3.05. The van der Waals surface area contributed by atoms with E-state index in [1.54, 1.807) is 13.0 Å². The van der Waals surface area contributed by atoms with Crippen LogP contribution in [0, 0.1) is 0 Å². The molecule has 0 aliphatic carbocycles. The first-order valence-electron chi connectivity index (χ1n) is 12.0. The number of aliphatic imine (C=N–C) groups is 1. The first-order chi connectivity index (χ1) is 18.0. The highest BCUT2D eigenvalue weighted by molar-refractivity contribution is 7.92. The molecule has 210 valence electrons. The van der Waals surface area contributed by atoms with Crippen molar-refractivity contribution in [2.24, 2.45) is 4.99 Å². The molecule has 0 aliphatic rings. The van der Waals surface area contributed by atoms with E-state index in [2.05, 4.69) is 21.1 Å². The minimum Gasteiger partial charge on any atom is -0.467 e. The van der Waals surface area contributed by atoms with Gasteiger partial charge in [-0.3, -0.25) is 0 Å². The maximum absolute atomic E-state index is 13.1. The summed E-state index contributed by atoms with van der Waals surface area (Å²) in [6.07, 6.45) is 3.48. The zero-order chi connectivity index (χ0) is 29.4. The molecule has 1 N–H and O–H groups in total. The summed E-state index contributed by atoms with van der Waals surface area (Å²) >= 11 is 0. The fraction of sp³-hybridized carbons (Fsp3) is 0.333. The quantitative estimate of drug-likeness (QED) is 0.114. The number of nitrogens with zero attached hydrogens (tertiary/aromatic N) is 1. The first kappa shape index (κ1) is 34.9. The van der Waals surface area contributed by atoms with Crippen molar-refractivity contribution >= 4 is 37.1 Å². The Labute approximate surface area is 227 Å². The molecule has 2 aromatic rings. The molecule has 0 amide bonds. The van der Waals surface area contributed by atoms with E-state index < -0.39 is 27.1 Å². The van der Waals surface area contributed by atoms with Crippen molar-refractivity contribution in [3.8, 4) is 5.75 Å². The lowest BCUT2D eigenvalue weighted by atomic mass is 10.1. The summed E-state index contributed by atoms with van der Waals surface area (Å²) in [5.41, 5.74) is 1.93. The van der Waals surface area contributed by atoms with Gasteiger partial charge in [0, 0.05) is 12.6 Å². The monoisotopic (exact) mass is 570 g/mol. The molecule has 0 fully saturated rings. The fourth-order valence-corrected chi connectivity index (χ4v) is 3.39. The number of esters is 1. The maximum Gasteiger partial charge on any atom is 0.390 e. The molecule has 0 bridgehead atoms. The van der Waals surface area contributed by atoms with E-state index >= 15 is 0 Å². The standard InChI is InChI=1S/C23H25F2N2O5PS.2C2H6/c1-4-26-21(27-20(22(28)31-3)15-17-8-6-5-7-9-17)14-16(2)18-10-12-19(13-11-18)32-34(29,30)23(24,25)33;2*1-2/h4-14,20,27H,2,15,33H2,1,3H3;2*1-2H3/b21-14+,26-4-;;. The number of methoxy groups -OCH3 is 1. The van der Waals surface area contributed by atoms with Crippen molar-refractivity contribution in [1.29, 1.82) is 0 Å². The number of rotatable bonds is 11. The molecule has 11 heteroatoms. The largest absolute Gasteiger partial charge is 0.467 e. The minimum atomic E-state index is -5.14. The topological polar surface area (TPSA) is 94.1 Å². The van der Waals surface area contributed by atoms with Crippen molar-refractivity contribution in [2.45, 2.75) is 52.1 Å². The molecule has 0 heterocycles. The van der Waals surface area contributed by atoms with Crippen LogP contribution in [0.25, 0.3) is 5.57 Å². The van der Waals surface area contributed by atoms with E-state index in [0.29, 0.717) is 23.4 Å². The molecule has 2 rings (SSSR count). The highest BCUT2D eigenvalue weighted by Crippen LogP contribution is 2.32. The number of allylic oxidation sites excluding steroid dienone is 2. The van der Waals surface area contributed by atoms with Crippen molar-refractivity contribution < 1.29 is 30.9 Å². The van der Waals surface area contributed by atoms with E-state index in [1.807, 2.05) is 58.0 Å². The van der Waals surface area contributed by atoms with Gasteiger partial charge in [0.25, 0.3) is 0 Å². The van der Waals surface area contributed by atoms with Gasteiger partial charge in [-0.1, -0.05) is 76.7 Å². The average molecular weight is 571 g/mol.